The summed E-state index contributed by atoms with van der Waals surface area (Å²) in [5, 5.41) is 0. The number of anilines is 1. The number of sulfonamides is 1. The Labute approximate surface area is 131 Å². The molecule has 0 fully saturated rings. The predicted molar refractivity (Wildman–Crippen MR) is 85.0 cm³/mol. The van der Waals surface area contributed by atoms with Crippen molar-refractivity contribution in [2.75, 3.05) is 18.5 Å². The third kappa shape index (κ3) is 3.59. The van der Waals surface area contributed by atoms with Crippen LogP contribution in [0.25, 0.3) is 0 Å². The fraction of sp³-hybridized carbons (Fsp3) is 0.533. The average Bonchev–Trinajstić information content (AvgIpc) is 2.35. The van der Waals surface area contributed by atoms with Gasteiger partial charge in [-0.25, -0.2) is 13.2 Å². The van der Waals surface area contributed by atoms with Gasteiger partial charge in [0.1, 0.15) is 5.60 Å². The molecule has 2 N–H and O–H groups in total. The summed E-state index contributed by atoms with van der Waals surface area (Å²) in [5.41, 5.74) is 7.91. The lowest BCUT2D eigenvalue weighted by molar-refractivity contribution is 0.00706. The molecule has 0 unspecified atom stereocenters. The summed E-state index contributed by atoms with van der Waals surface area (Å²) in [6, 6.07) is 3.36. The number of hydrogen-bond acceptors (Lipinski definition) is 5. The molecular weight excluding hydrogens is 304 g/mol. The molecule has 0 spiro atoms. The third-order valence-corrected chi connectivity index (χ3v) is 4.75. The highest BCUT2D eigenvalue weighted by Crippen LogP contribution is 2.29. The fourth-order valence-corrected chi connectivity index (χ4v) is 3.25. The summed E-state index contributed by atoms with van der Waals surface area (Å²) in [7, 11) is -3.23. The van der Waals surface area contributed by atoms with Crippen molar-refractivity contribution < 1.29 is 17.9 Å². The number of fused-ring (bicyclic) bond motifs is 1. The van der Waals surface area contributed by atoms with Crippen molar-refractivity contribution >= 4 is 21.7 Å². The number of hydrogen-bond donors (Lipinski definition) is 1. The van der Waals surface area contributed by atoms with Gasteiger partial charge in [-0.15, -0.1) is 0 Å². The number of benzene rings is 1. The standard InChI is InChI=1S/C15H22N2O4S/c1-15(2,3)21-14(18)12-6-5-10-9-17(22(4,19)20)8-7-11(10)13(12)16/h5-6H,7-9,16H2,1-4H3. The first-order chi connectivity index (χ1) is 9.99. The zero-order chi connectivity index (χ0) is 16.7. The van der Waals surface area contributed by atoms with Crippen LogP contribution in [-0.4, -0.2) is 37.1 Å². The van der Waals surface area contributed by atoms with Crippen molar-refractivity contribution in [3.63, 3.8) is 0 Å². The van der Waals surface area contributed by atoms with Crippen molar-refractivity contribution in [1.29, 1.82) is 0 Å². The van der Waals surface area contributed by atoms with E-state index in [-0.39, 0.29) is 6.54 Å². The molecular formula is C15H22N2O4S. The fourth-order valence-electron chi connectivity index (χ4n) is 2.45. The van der Waals surface area contributed by atoms with Crippen molar-refractivity contribution in [2.24, 2.45) is 0 Å². The van der Waals surface area contributed by atoms with Gasteiger partial charge >= 0.3 is 5.97 Å². The summed E-state index contributed by atoms with van der Waals surface area (Å²) in [6.45, 7) is 6.04. The largest absolute Gasteiger partial charge is 0.456 e. The molecule has 1 aromatic rings. The van der Waals surface area contributed by atoms with E-state index in [4.69, 9.17) is 10.5 Å². The average molecular weight is 326 g/mol. The molecule has 0 atom stereocenters. The first kappa shape index (κ1) is 16.8. The van der Waals surface area contributed by atoms with Crippen LogP contribution in [0.1, 0.15) is 42.3 Å². The van der Waals surface area contributed by atoms with E-state index in [0.29, 0.717) is 24.2 Å². The van der Waals surface area contributed by atoms with E-state index in [2.05, 4.69) is 0 Å². The summed E-state index contributed by atoms with van der Waals surface area (Å²) >= 11 is 0. The topological polar surface area (TPSA) is 89.7 Å². The molecule has 0 aliphatic carbocycles. The minimum absolute atomic E-state index is 0.285. The number of nitrogen functional groups attached to an aromatic ring is 1. The SMILES string of the molecule is CC(C)(C)OC(=O)c1ccc2c(c1N)CCN(S(C)(=O)=O)C2. The van der Waals surface area contributed by atoms with Gasteiger partial charge in [0, 0.05) is 18.8 Å². The van der Waals surface area contributed by atoms with Crippen LogP contribution in [0.4, 0.5) is 5.69 Å². The molecule has 1 heterocycles. The molecule has 0 amide bonds. The highest BCUT2D eigenvalue weighted by molar-refractivity contribution is 7.88. The minimum atomic E-state index is -3.23. The maximum atomic E-state index is 12.2. The van der Waals surface area contributed by atoms with Gasteiger partial charge in [0.15, 0.2) is 0 Å². The Morgan fingerprint density at radius 1 is 1.32 bits per heavy atom. The number of ether oxygens (including phenoxy) is 1. The lowest BCUT2D eigenvalue weighted by atomic mass is 9.96. The lowest BCUT2D eigenvalue weighted by Gasteiger charge is -2.28. The van der Waals surface area contributed by atoms with Crippen LogP contribution in [0.2, 0.25) is 0 Å². The van der Waals surface area contributed by atoms with Crippen LogP contribution in [0.3, 0.4) is 0 Å². The van der Waals surface area contributed by atoms with Gasteiger partial charge in [-0.1, -0.05) is 6.07 Å². The van der Waals surface area contributed by atoms with Crippen LogP contribution >= 0.6 is 0 Å². The zero-order valence-electron chi connectivity index (χ0n) is 13.3. The second kappa shape index (κ2) is 5.55. The summed E-state index contributed by atoms with van der Waals surface area (Å²) in [6.07, 6.45) is 1.68. The number of carbonyl (C=O) groups is 1. The molecule has 6 nitrogen and oxygen atoms in total. The second-order valence-corrected chi connectivity index (χ2v) is 8.50. The van der Waals surface area contributed by atoms with E-state index in [0.717, 1.165) is 11.1 Å². The van der Waals surface area contributed by atoms with E-state index in [1.54, 1.807) is 32.9 Å². The third-order valence-electron chi connectivity index (χ3n) is 3.50. The molecule has 0 radical (unpaired) electrons. The number of carbonyl (C=O) groups excluding carboxylic acids is 1. The molecule has 0 saturated carbocycles. The van der Waals surface area contributed by atoms with Crippen molar-refractivity contribution in [3.05, 3.63) is 28.8 Å². The maximum Gasteiger partial charge on any atom is 0.340 e. The number of rotatable bonds is 2. The van der Waals surface area contributed by atoms with Crippen molar-refractivity contribution in [1.82, 2.24) is 4.31 Å². The van der Waals surface area contributed by atoms with Gasteiger partial charge in [-0.2, -0.15) is 4.31 Å². The molecule has 0 aromatic heterocycles. The van der Waals surface area contributed by atoms with Crippen molar-refractivity contribution in [3.8, 4) is 0 Å². The molecule has 1 aliphatic heterocycles. The monoisotopic (exact) mass is 326 g/mol. The highest BCUT2D eigenvalue weighted by atomic mass is 32.2. The van der Waals surface area contributed by atoms with E-state index >= 15 is 0 Å². The van der Waals surface area contributed by atoms with Gasteiger partial charge in [0.25, 0.3) is 0 Å². The maximum absolute atomic E-state index is 12.2. The Morgan fingerprint density at radius 2 is 1.95 bits per heavy atom. The molecule has 2 rings (SSSR count). The summed E-state index contributed by atoms with van der Waals surface area (Å²) in [4.78, 5) is 12.2. The van der Waals surface area contributed by atoms with Gasteiger partial charge in [-0.05, 0) is 44.4 Å². The minimum Gasteiger partial charge on any atom is -0.456 e. The molecule has 7 heteroatoms. The molecule has 0 bridgehead atoms. The van der Waals surface area contributed by atoms with E-state index in [1.165, 1.54) is 10.6 Å². The van der Waals surface area contributed by atoms with Gasteiger partial charge in [0.05, 0.1) is 11.8 Å². The van der Waals surface area contributed by atoms with Gasteiger partial charge in [0.2, 0.25) is 10.0 Å². The van der Waals surface area contributed by atoms with Crippen molar-refractivity contribution in [2.45, 2.75) is 39.3 Å². The van der Waals surface area contributed by atoms with Crippen LogP contribution in [0.15, 0.2) is 12.1 Å². The molecule has 22 heavy (non-hydrogen) atoms. The zero-order valence-corrected chi connectivity index (χ0v) is 14.2. The van der Waals surface area contributed by atoms with E-state index in [9.17, 15) is 13.2 Å². The Kier molecular flexibility index (Phi) is 4.23. The summed E-state index contributed by atoms with van der Waals surface area (Å²) < 4.78 is 30.0. The highest BCUT2D eigenvalue weighted by Gasteiger charge is 2.27. The molecule has 122 valence electrons. The quantitative estimate of drug-likeness (QED) is 0.658. The van der Waals surface area contributed by atoms with E-state index in [1.807, 2.05) is 0 Å². The van der Waals surface area contributed by atoms with Gasteiger partial charge < -0.3 is 10.5 Å². The first-order valence-corrected chi connectivity index (χ1v) is 8.92. The second-order valence-electron chi connectivity index (χ2n) is 6.51. The molecule has 1 aliphatic rings. The Hall–Kier alpha value is -1.60. The Bertz CT molecular complexity index is 705. The number of esters is 1. The first-order valence-electron chi connectivity index (χ1n) is 7.08. The number of nitrogens with zero attached hydrogens (tertiary/aromatic N) is 1. The van der Waals surface area contributed by atoms with Crippen LogP contribution in [0, 0.1) is 0 Å². The molecule has 0 saturated heterocycles. The number of nitrogens with two attached hydrogens (primary N) is 1. The smallest absolute Gasteiger partial charge is 0.340 e. The Balaban J connectivity index is 2.32. The molecule has 1 aromatic carbocycles. The normalized spacial score (nSPS) is 16.2. The lowest BCUT2D eigenvalue weighted by Crippen LogP contribution is -2.35. The predicted octanol–water partition coefficient (Wildman–Crippen LogP) is 1.54. The van der Waals surface area contributed by atoms with Gasteiger partial charge in [-0.3, -0.25) is 0 Å². The summed E-state index contributed by atoms with van der Waals surface area (Å²) in [5.74, 6) is -0.460. The van der Waals surface area contributed by atoms with E-state index < -0.39 is 21.6 Å². The van der Waals surface area contributed by atoms with Crippen LogP contribution in [-0.2, 0) is 27.7 Å². The Morgan fingerprint density at radius 3 is 2.50 bits per heavy atom. The van der Waals surface area contributed by atoms with Crippen LogP contribution < -0.4 is 5.73 Å². The van der Waals surface area contributed by atoms with Crippen LogP contribution in [0.5, 0.6) is 0 Å².